The van der Waals surface area contributed by atoms with Crippen molar-refractivity contribution in [2.24, 2.45) is 0 Å². The predicted octanol–water partition coefficient (Wildman–Crippen LogP) is 6.92. The van der Waals surface area contributed by atoms with Gasteiger partial charge in [0.05, 0.1) is 22.1 Å². The fraction of sp³-hybridized carbons (Fsp3) is 0.296. The van der Waals surface area contributed by atoms with E-state index in [1.54, 1.807) is 0 Å². The van der Waals surface area contributed by atoms with Crippen LogP contribution < -0.4 is 0 Å². The summed E-state index contributed by atoms with van der Waals surface area (Å²) in [6.07, 6.45) is 3.64. The molecule has 0 aliphatic rings. The standard InChI is InChI=1S/C27H28N4/c1-26(2,3)17-13-16(14-18(15-17)27(4,5)6)25-30-23-19-9-7-11-28-21(19)22-20(24(23)31-25)10-8-12-29-22/h7-15H,1-6H3,(H,30,31). The second kappa shape index (κ2) is 6.61. The molecule has 0 atom stereocenters. The summed E-state index contributed by atoms with van der Waals surface area (Å²) in [5.41, 5.74) is 7.59. The molecule has 0 aliphatic carbocycles. The number of rotatable bonds is 1. The maximum absolute atomic E-state index is 5.08. The van der Waals surface area contributed by atoms with E-state index in [1.807, 2.05) is 24.5 Å². The van der Waals surface area contributed by atoms with Gasteiger partial charge in [-0.2, -0.15) is 0 Å². The number of hydrogen-bond donors (Lipinski definition) is 1. The Morgan fingerprint density at radius 1 is 0.677 bits per heavy atom. The van der Waals surface area contributed by atoms with Gasteiger partial charge in [0, 0.05) is 28.7 Å². The molecule has 0 saturated carbocycles. The molecule has 1 N–H and O–H groups in total. The molecular formula is C27H28N4. The summed E-state index contributed by atoms with van der Waals surface area (Å²) in [7, 11) is 0. The lowest BCUT2D eigenvalue weighted by atomic mass is 9.79. The van der Waals surface area contributed by atoms with Gasteiger partial charge in [-0.25, -0.2) is 4.98 Å². The van der Waals surface area contributed by atoms with Crippen LogP contribution in [0.2, 0.25) is 0 Å². The van der Waals surface area contributed by atoms with E-state index in [4.69, 9.17) is 4.98 Å². The number of hydrogen-bond acceptors (Lipinski definition) is 3. The fourth-order valence-electron chi connectivity index (χ4n) is 4.11. The summed E-state index contributed by atoms with van der Waals surface area (Å²) < 4.78 is 0. The van der Waals surface area contributed by atoms with Crippen LogP contribution in [0.25, 0.3) is 44.2 Å². The molecule has 4 nitrogen and oxygen atoms in total. The van der Waals surface area contributed by atoms with Crippen LogP contribution in [0.1, 0.15) is 52.7 Å². The van der Waals surface area contributed by atoms with E-state index < -0.39 is 0 Å². The highest BCUT2D eigenvalue weighted by Gasteiger charge is 2.22. The zero-order valence-corrected chi connectivity index (χ0v) is 19.0. The first-order valence-electron chi connectivity index (χ1n) is 10.8. The summed E-state index contributed by atoms with van der Waals surface area (Å²) >= 11 is 0. The van der Waals surface area contributed by atoms with Crippen LogP contribution in [-0.4, -0.2) is 19.9 Å². The first-order valence-corrected chi connectivity index (χ1v) is 10.8. The Bertz CT molecular complexity index is 1340. The van der Waals surface area contributed by atoms with Crippen LogP contribution >= 0.6 is 0 Å². The SMILES string of the molecule is CC(C)(C)c1cc(-c2nc3c4cccnc4c4ncccc4c3[nH]2)cc(C(C)(C)C)c1. The maximum Gasteiger partial charge on any atom is 0.138 e. The maximum atomic E-state index is 5.08. The lowest BCUT2D eigenvalue weighted by Crippen LogP contribution is -2.16. The van der Waals surface area contributed by atoms with E-state index in [9.17, 15) is 0 Å². The molecule has 0 radical (unpaired) electrons. The highest BCUT2D eigenvalue weighted by molar-refractivity contribution is 6.21. The lowest BCUT2D eigenvalue weighted by molar-refractivity contribution is 0.569. The van der Waals surface area contributed by atoms with Gasteiger partial charge in [0.2, 0.25) is 0 Å². The Morgan fingerprint density at radius 2 is 1.23 bits per heavy atom. The van der Waals surface area contributed by atoms with Crippen molar-refractivity contribution in [2.75, 3.05) is 0 Å². The van der Waals surface area contributed by atoms with E-state index in [2.05, 4.69) is 86.8 Å². The average molecular weight is 409 g/mol. The van der Waals surface area contributed by atoms with Crippen molar-refractivity contribution in [3.05, 3.63) is 66.0 Å². The monoisotopic (exact) mass is 408 g/mol. The van der Waals surface area contributed by atoms with Crippen LogP contribution in [0.3, 0.4) is 0 Å². The summed E-state index contributed by atoms with van der Waals surface area (Å²) in [6.45, 7) is 13.6. The molecule has 3 heterocycles. The molecule has 5 rings (SSSR count). The molecule has 0 saturated heterocycles. The number of benzene rings is 2. The van der Waals surface area contributed by atoms with Crippen LogP contribution in [0.5, 0.6) is 0 Å². The van der Waals surface area contributed by atoms with Gasteiger partial charge < -0.3 is 4.98 Å². The minimum Gasteiger partial charge on any atom is -0.337 e. The molecule has 0 unspecified atom stereocenters. The third-order valence-corrected chi connectivity index (χ3v) is 6.01. The molecule has 3 aromatic heterocycles. The molecule has 0 amide bonds. The number of aromatic amines is 1. The number of aromatic nitrogens is 4. The zero-order chi connectivity index (χ0) is 22.0. The van der Waals surface area contributed by atoms with E-state index in [0.717, 1.165) is 44.2 Å². The van der Waals surface area contributed by atoms with Gasteiger partial charge in [-0.15, -0.1) is 0 Å². The van der Waals surface area contributed by atoms with Gasteiger partial charge in [-0.3, -0.25) is 9.97 Å². The van der Waals surface area contributed by atoms with Crippen LogP contribution in [0, 0.1) is 0 Å². The van der Waals surface area contributed by atoms with E-state index in [1.165, 1.54) is 11.1 Å². The van der Waals surface area contributed by atoms with Crippen molar-refractivity contribution >= 4 is 32.8 Å². The Labute approximate surface area is 182 Å². The molecule has 0 bridgehead atoms. The molecular weight excluding hydrogens is 380 g/mol. The van der Waals surface area contributed by atoms with Crippen LogP contribution in [0.4, 0.5) is 0 Å². The summed E-state index contributed by atoms with van der Waals surface area (Å²) in [6, 6.07) is 15.0. The van der Waals surface area contributed by atoms with E-state index >= 15 is 0 Å². The second-order valence-corrected chi connectivity index (χ2v) is 10.4. The summed E-state index contributed by atoms with van der Waals surface area (Å²) in [5.74, 6) is 0.883. The molecule has 2 aromatic carbocycles. The average Bonchev–Trinajstić information content (AvgIpc) is 3.18. The third-order valence-electron chi connectivity index (χ3n) is 6.01. The number of H-pyrrole nitrogens is 1. The largest absolute Gasteiger partial charge is 0.337 e. The van der Waals surface area contributed by atoms with E-state index in [-0.39, 0.29) is 10.8 Å². The first-order chi connectivity index (χ1) is 14.6. The highest BCUT2D eigenvalue weighted by atomic mass is 14.9. The molecule has 0 fully saturated rings. The minimum absolute atomic E-state index is 0.0509. The fourth-order valence-corrected chi connectivity index (χ4v) is 4.11. The lowest BCUT2D eigenvalue weighted by Gasteiger charge is -2.26. The smallest absolute Gasteiger partial charge is 0.138 e. The van der Waals surface area contributed by atoms with Crippen molar-refractivity contribution < 1.29 is 0 Å². The quantitative estimate of drug-likeness (QED) is 0.306. The van der Waals surface area contributed by atoms with Gasteiger partial charge in [0.15, 0.2) is 0 Å². The van der Waals surface area contributed by atoms with Crippen molar-refractivity contribution in [1.29, 1.82) is 0 Å². The van der Waals surface area contributed by atoms with Crippen LogP contribution in [0.15, 0.2) is 54.9 Å². The Morgan fingerprint density at radius 3 is 1.81 bits per heavy atom. The van der Waals surface area contributed by atoms with Crippen molar-refractivity contribution in [1.82, 2.24) is 19.9 Å². The number of fused-ring (bicyclic) bond motifs is 6. The van der Waals surface area contributed by atoms with Gasteiger partial charge in [-0.05, 0) is 58.4 Å². The Hall–Kier alpha value is -3.27. The molecule has 0 spiro atoms. The summed E-state index contributed by atoms with van der Waals surface area (Å²) in [4.78, 5) is 18.0. The van der Waals surface area contributed by atoms with Crippen molar-refractivity contribution in [2.45, 2.75) is 52.4 Å². The molecule has 0 aliphatic heterocycles. The van der Waals surface area contributed by atoms with Crippen LogP contribution in [-0.2, 0) is 10.8 Å². The Balaban J connectivity index is 1.85. The number of nitrogens with zero attached hydrogens (tertiary/aromatic N) is 3. The highest BCUT2D eigenvalue weighted by Crippen LogP contribution is 2.36. The molecule has 4 heteroatoms. The number of imidazole rings is 1. The predicted molar refractivity (Wildman–Crippen MR) is 130 cm³/mol. The van der Waals surface area contributed by atoms with Gasteiger partial charge >= 0.3 is 0 Å². The number of nitrogens with one attached hydrogen (secondary N) is 1. The van der Waals surface area contributed by atoms with E-state index in [0.29, 0.717) is 0 Å². The molecule has 156 valence electrons. The first kappa shape index (κ1) is 19.7. The second-order valence-electron chi connectivity index (χ2n) is 10.4. The van der Waals surface area contributed by atoms with Crippen molar-refractivity contribution in [3.8, 4) is 11.4 Å². The minimum atomic E-state index is 0.0509. The topological polar surface area (TPSA) is 54.5 Å². The van der Waals surface area contributed by atoms with Gasteiger partial charge in [0.25, 0.3) is 0 Å². The normalized spacial score (nSPS) is 12.8. The molecule has 31 heavy (non-hydrogen) atoms. The third kappa shape index (κ3) is 3.27. The Kier molecular flexibility index (Phi) is 4.20. The van der Waals surface area contributed by atoms with Gasteiger partial charge in [-0.1, -0.05) is 47.6 Å². The molecule has 5 aromatic rings. The van der Waals surface area contributed by atoms with Crippen molar-refractivity contribution in [3.63, 3.8) is 0 Å². The number of pyridine rings is 2. The zero-order valence-electron chi connectivity index (χ0n) is 19.0. The van der Waals surface area contributed by atoms with Gasteiger partial charge in [0.1, 0.15) is 5.82 Å². The summed E-state index contributed by atoms with van der Waals surface area (Å²) in [5, 5.41) is 2.07.